The lowest BCUT2D eigenvalue weighted by atomic mass is 10.1. The van der Waals surface area contributed by atoms with Gasteiger partial charge in [-0.15, -0.1) is 0 Å². The highest BCUT2D eigenvalue weighted by molar-refractivity contribution is 5.17. The first kappa shape index (κ1) is 9.40. The molecule has 2 aliphatic carbocycles. The van der Waals surface area contributed by atoms with Crippen molar-refractivity contribution in [2.75, 3.05) is 0 Å². The average Bonchev–Trinajstić information content (AvgIpc) is 3.06. The van der Waals surface area contributed by atoms with Crippen LogP contribution in [-0.4, -0.2) is 16.0 Å². The molecule has 1 atom stereocenters. The maximum absolute atomic E-state index is 4.48. The molecule has 1 heterocycles. The number of nitrogens with one attached hydrogen (secondary N) is 2. The molecule has 2 N–H and O–H groups in total. The van der Waals surface area contributed by atoms with Crippen molar-refractivity contribution in [2.24, 2.45) is 5.41 Å². The number of aromatic amines is 1. The predicted octanol–water partition coefficient (Wildman–Crippen LogP) is 2.18. The van der Waals surface area contributed by atoms with Crippen molar-refractivity contribution in [3.63, 3.8) is 0 Å². The molecule has 3 nitrogen and oxygen atoms in total. The van der Waals surface area contributed by atoms with Crippen LogP contribution < -0.4 is 5.32 Å². The number of nitrogens with zero attached hydrogens (tertiary/aromatic N) is 1. The number of H-pyrrole nitrogens is 1. The van der Waals surface area contributed by atoms with Crippen molar-refractivity contribution in [2.45, 2.75) is 51.6 Å². The van der Waals surface area contributed by atoms with Crippen molar-refractivity contribution in [1.29, 1.82) is 0 Å². The van der Waals surface area contributed by atoms with Gasteiger partial charge >= 0.3 is 0 Å². The molecule has 3 rings (SSSR count). The smallest absolute Gasteiger partial charge is 0.109 e. The van der Waals surface area contributed by atoms with E-state index in [1.54, 1.807) is 0 Å². The molecule has 1 unspecified atom stereocenters. The summed E-state index contributed by atoms with van der Waals surface area (Å²) in [7, 11) is 0. The fourth-order valence-electron chi connectivity index (χ4n) is 2.12. The summed E-state index contributed by atoms with van der Waals surface area (Å²) in [5.74, 6) is 1.85. The van der Waals surface area contributed by atoms with Crippen LogP contribution in [0.25, 0.3) is 0 Å². The van der Waals surface area contributed by atoms with Gasteiger partial charge in [0.1, 0.15) is 5.82 Å². The molecule has 0 spiro atoms. The van der Waals surface area contributed by atoms with E-state index in [1.165, 1.54) is 30.8 Å². The van der Waals surface area contributed by atoms with Gasteiger partial charge in [0.05, 0.1) is 0 Å². The van der Waals surface area contributed by atoms with Gasteiger partial charge in [0.25, 0.3) is 0 Å². The minimum atomic E-state index is 0.471. The molecule has 0 aromatic carbocycles. The van der Waals surface area contributed by atoms with Gasteiger partial charge in [0, 0.05) is 30.4 Å². The highest BCUT2D eigenvalue weighted by Crippen LogP contribution is 2.57. The molecule has 3 heteroatoms. The van der Waals surface area contributed by atoms with E-state index < -0.39 is 0 Å². The maximum atomic E-state index is 4.48. The minimum Gasteiger partial charge on any atom is -0.345 e. The lowest BCUT2D eigenvalue weighted by Gasteiger charge is -2.00. The van der Waals surface area contributed by atoms with Gasteiger partial charge in [-0.2, -0.15) is 0 Å². The Labute approximate surface area is 90.7 Å². The monoisotopic (exact) mass is 205 g/mol. The van der Waals surface area contributed by atoms with Crippen LogP contribution in [-0.2, 0) is 6.54 Å². The first-order valence-corrected chi connectivity index (χ1v) is 5.92. The summed E-state index contributed by atoms with van der Waals surface area (Å²) < 4.78 is 0. The second kappa shape index (κ2) is 3.08. The number of rotatable bonds is 4. The molecule has 2 fully saturated rings. The van der Waals surface area contributed by atoms with Crippen LogP contribution in [0.3, 0.4) is 0 Å². The van der Waals surface area contributed by atoms with Crippen LogP contribution in [0.1, 0.15) is 50.5 Å². The van der Waals surface area contributed by atoms with Crippen LogP contribution in [0.15, 0.2) is 6.20 Å². The zero-order valence-corrected chi connectivity index (χ0v) is 9.51. The van der Waals surface area contributed by atoms with Crippen molar-refractivity contribution in [3.05, 3.63) is 17.7 Å². The normalized spacial score (nSPS) is 28.0. The third kappa shape index (κ3) is 1.93. The van der Waals surface area contributed by atoms with E-state index in [2.05, 4.69) is 29.1 Å². The standard InChI is InChI=1S/C12H19N3/c1-12(2)5-10(12)11-14-7-9(15-11)6-13-8-3-4-8/h7-8,10,13H,3-6H2,1-2H3,(H,14,15). The number of hydrogen-bond donors (Lipinski definition) is 2. The molecular weight excluding hydrogens is 186 g/mol. The number of hydrogen-bond acceptors (Lipinski definition) is 2. The Morgan fingerprint density at radius 1 is 1.53 bits per heavy atom. The Bertz CT molecular complexity index is 363. The molecule has 82 valence electrons. The molecule has 15 heavy (non-hydrogen) atoms. The summed E-state index contributed by atoms with van der Waals surface area (Å²) in [6, 6.07) is 0.772. The van der Waals surface area contributed by atoms with Crippen molar-refractivity contribution >= 4 is 0 Å². The van der Waals surface area contributed by atoms with E-state index in [0.717, 1.165) is 12.6 Å². The summed E-state index contributed by atoms with van der Waals surface area (Å²) in [6.45, 7) is 5.56. The Balaban J connectivity index is 1.60. The number of aromatic nitrogens is 2. The SMILES string of the molecule is CC1(C)CC1c1ncc(CNC2CC2)[nH]1. The van der Waals surface area contributed by atoms with E-state index in [9.17, 15) is 0 Å². The zero-order valence-electron chi connectivity index (χ0n) is 9.51. The first-order chi connectivity index (χ1) is 7.15. The van der Waals surface area contributed by atoms with Crippen molar-refractivity contribution < 1.29 is 0 Å². The molecular formula is C12H19N3. The summed E-state index contributed by atoms with van der Waals surface area (Å²) in [5.41, 5.74) is 1.71. The van der Waals surface area contributed by atoms with Gasteiger partial charge in [0.15, 0.2) is 0 Å². The fourth-order valence-corrected chi connectivity index (χ4v) is 2.12. The Morgan fingerprint density at radius 3 is 2.87 bits per heavy atom. The fraction of sp³-hybridized carbons (Fsp3) is 0.750. The summed E-state index contributed by atoms with van der Waals surface area (Å²) in [6.07, 6.45) is 5.95. The molecule has 1 aromatic rings. The molecule has 2 aliphatic rings. The number of imidazole rings is 1. The van der Waals surface area contributed by atoms with Gasteiger partial charge in [-0.1, -0.05) is 13.8 Å². The molecule has 1 aromatic heterocycles. The van der Waals surface area contributed by atoms with E-state index in [4.69, 9.17) is 0 Å². The van der Waals surface area contributed by atoms with E-state index in [1.807, 2.05) is 6.20 Å². The average molecular weight is 205 g/mol. The largest absolute Gasteiger partial charge is 0.345 e. The predicted molar refractivity (Wildman–Crippen MR) is 59.6 cm³/mol. The molecule has 0 saturated heterocycles. The lowest BCUT2D eigenvalue weighted by molar-refractivity contribution is 0.609. The maximum Gasteiger partial charge on any atom is 0.109 e. The Kier molecular flexibility index (Phi) is 1.93. The third-order valence-electron chi connectivity index (χ3n) is 3.65. The topological polar surface area (TPSA) is 40.7 Å². The van der Waals surface area contributed by atoms with Gasteiger partial charge in [0.2, 0.25) is 0 Å². The van der Waals surface area contributed by atoms with Crippen LogP contribution in [0.4, 0.5) is 0 Å². The summed E-state index contributed by atoms with van der Waals surface area (Å²) in [4.78, 5) is 7.92. The van der Waals surface area contributed by atoms with E-state index >= 15 is 0 Å². The second-order valence-corrected chi connectivity index (χ2v) is 5.69. The second-order valence-electron chi connectivity index (χ2n) is 5.69. The van der Waals surface area contributed by atoms with Crippen LogP contribution in [0.5, 0.6) is 0 Å². The quantitative estimate of drug-likeness (QED) is 0.791. The molecule has 0 bridgehead atoms. The highest BCUT2D eigenvalue weighted by Gasteiger charge is 2.48. The van der Waals surface area contributed by atoms with Crippen LogP contribution in [0.2, 0.25) is 0 Å². The molecule has 0 aliphatic heterocycles. The minimum absolute atomic E-state index is 0.471. The molecule has 0 amide bonds. The van der Waals surface area contributed by atoms with Gasteiger partial charge < -0.3 is 10.3 Å². The first-order valence-electron chi connectivity index (χ1n) is 5.92. The summed E-state index contributed by atoms with van der Waals surface area (Å²) in [5, 5.41) is 3.50. The summed E-state index contributed by atoms with van der Waals surface area (Å²) >= 11 is 0. The lowest BCUT2D eigenvalue weighted by Crippen LogP contribution is -2.15. The van der Waals surface area contributed by atoms with Crippen molar-refractivity contribution in [3.8, 4) is 0 Å². The Hall–Kier alpha value is -0.830. The van der Waals surface area contributed by atoms with Crippen molar-refractivity contribution in [1.82, 2.24) is 15.3 Å². The Morgan fingerprint density at radius 2 is 2.27 bits per heavy atom. The van der Waals surface area contributed by atoms with Gasteiger partial charge in [-0.25, -0.2) is 4.98 Å². The van der Waals surface area contributed by atoms with E-state index in [0.29, 0.717) is 11.3 Å². The zero-order chi connectivity index (χ0) is 10.5. The highest BCUT2D eigenvalue weighted by atomic mass is 15.0. The van der Waals surface area contributed by atoms with E-state index in [-0.39, 0.29) is 0 Å². The van der Waals surface area contributed by atoms with Crippen LogP contribution >= 0.6 is 0 Å². The van der Waals surface area contributed by atoms with Gasteiger partial charge in [-0.05, 0) is 24.7 Å². The molecule has 2 saturated carbocycles. The van der Waals surface area contributed by atoms with Crippen LogP contribution in [0, 0.1) is 5.41 Å². The molecule has 0 radical (unpaired) electrons. The van der Waals surface area contributed by atoms with Gasteiger partial charge in [-0.3, -0.25) is 0 Å². The third-order valence-corrected chi connectivity index (χ3v) is 3.65.